The molecule has 0 spiro atoms. The van der Waals surface area contributed by atoms with Crippen LogP contribution in [0.1, 0.15) is 33.6 Å². The number of alkyl halides is 3. The van der Waals surface area contributed by atoms with Crippen LogP contribution in [0.4, 0.5) is 18.9 Å². The van der Waals surface area contributed by atoms with E-state index in [0.717, 1.165) is 12.1 Å². The first-order chi connectivity index (χ1) is 11.4. The minimum absolute atomic E-state index is 0.293. The molecule has 2 fully saturated rings. The number of amides is 1. The van der Waals surface area contributed by atoms with E-state index in [1.165, 1.54) is 12.1 Å². The van der Waals surface area contributed by atoms with E-state index in [1.54, 1.807) is 6.92 Å². The highest BCUT2D eigenvalue weighted by Gasteiger charge is 2.75. The van der Waals surface area contributed by atoms with Crippen LogP contribution in [-0.2, 0) is 14.3 Å². The summed E-state index contributed by atoms with van der Waals surface area (Å²) in [6.45, 7) is 5.44. The van der Waals surface area contributed by atoms with Gasteiger partial charge in [-0.2, -0.15) is 0 Å². The van der Waals surface area contributed by atoms with E-state index in [1.807, 2.05) is 13.8 Å². The largest absolute Gasteiger partial charge is 0.573 e. The van der Waals surface area contributed by atoms with Crippen LogP contribution < -0.4 is 10.1 Å². The van der Waals surface area contributed by atoms with Crippen LogP contribution in [0.2, 0.25) is 0 Å². The Morgan fingerprint density at radius 3 is 2.20 bits per heavy atom. The van der Waals surface area contributed by atoms with Crippen LogP contribution in [0.15, 0.2) is 24.3 Å². The molecule has 1 saturated heterocycles. The lowest BCUT2D eigenvalue weighted by atomic mass is 9.66. The number of carbonyl (C=O) groups excluding carboxylic acids is 2. The smallest absolute Gasteiger partial charge is 0.448 e. The van der Waals surface area contributed by atoms with Gasteiger partial charge in [0.2, 0.25) is 0 Å². The van der Waals surface area contributed by atoms with Crippen LogP contribution >= 0.6 is 0 Å². The number of fused-ring (bicyclic) bond motifs is 2. The summed E-state index contributed by atoms with van der Waals surface area (Å²) in [7, 11) is 0. The summed E-state index contributed by atoms with van der Waals surface area (Å²) in [4.78, 5) is 25.0. The van der Waals surface area contributed by atoms with Gasteiger partial charge in [0.15, 0.2) is 5.60 Å². The van der Waals surface area contributed by atoms with Crippen molar-refractivity contribution in [3.63, 3.8) is 0 Å². The third-order valence-corrected chi connectivity index (χ3v) is 5.80. The predicted molar refractivity (Wildman–Crippen MR) is 81.7 cm³/mol. The highest BCUT2D eigenvalue weighted by Crippen LogP contribution is 2.65. The van der Waals surface area contributed by atoms with E-state index in [0.29, 0.717) is 18.5 Å². The zero-order valence-corrected chi connectivity index (χ0v) is 14.0. The SMILES string of the molecule is CC12CCC(C(=O)Nc3ccc(OC(F)(F)F)cc3)(OC1=O)C2(C)C. The summed E-state index contributed by atoms with van der Waals surface area (Å²) in [6, 6.07) is 4.80. The lowest BCUT2D eigenvalue weighted by Crippen LogP contribution is -2.50. The minimum Gasteiger partial charge on any atom is -0.448 e. The first-order valence-electron chi connectivity index (χ1n) is 7.82. The molecule has 1 aliphatic carbocycles. The normalized spacial score (nSPS) is 30.1. The Bertz CT molecular complexity index is 728. The van der Waals surface area contributed by atoms with Crippen molar-refractivity contribution in [2.45, 2.75) is 45.6 Å². The minimum atomic E-state index is -4.78. The van der Waals surface area contributed by atoms with Gasteiger partial charge >= 0.3 is 12.3 Å². The second kappa shape index (κ2) is 5.12. The average molecular weight is 357 g/mol. The fraction of sp³-hybridized carbons (Fsp3) is 0.529. The number of benzene rings is 1. The molecule has 136 valence electrons. The van der Waals surface area contributed by atoms with Crippen molar-refractivity contribution in [1.29, 1.82) is 0 Å². The zero-order chi connectivity index (χ0) is 18.7. The molecule has 1 aromatic carbocycles. The Morgan fingerprint density at radius 1 is 1.16 bits per heavy atom. The van der Waals surface area contributed by atoms with Crippen molar-refractivity contribution in [2.24, 2.45) is 10.8 Å². The maximum Gasteiger partial charge on any atom is 0.573 e. The van der Waals surface area contributed by atoms with Crippen LogP contribution in [-0.4, -0.2) is 23.8 Å². The number of anilines is 1. The fourth-order valence-corrected chi connectivity index (χ4v) is 3.72. The second-order valence-corrected chi connectivity index (χ2v) is 7.20. The molecule has 1 N–H and O–H groups in total. The standard InChI is InChI=1S/C17H18F3NO4/c1-14(2)15(3)8-9-16(14,25-13(15)23)12(22)21-10-4-6-11(7-5-10)24-17(18,19)20/h4-7H,8-9H2,1-3H3,(H,21,22). The van der Waals surface area contributed by atoms with Gasteiger partial charge in [0.1, 0.15) is 5.75 Å². The molecule has 2 unspecified atom stereocenters. The Morgan fingerprint density at radius 2 is 1.76 bits per heavy atom. The maximum atomic E-state index is 12.8. The third-order valence-electron chi connectivity index (χ3n) is 5.80. The number of halogens is 3. The van der Waals surface area contributed by atoms with E-state index in [9.17, 15) is 22.8 Å². The van der Waals surface area contributed by atoms with Crippen molar-refractivity contribution in [1.82, 2.24) is 0 Å². The van der Waals surface area contributed by atoms with E-state index >= 15 is 0 Å². The molecule has 1 saturated carbocycles. The van der Waals surface area contributed by atoms with Crippen LogP contribution in [0, 0.1) is 10.8 Å². The maximum absolute atomic E-state index is 12.8. The number of hydrogen-bond donors (Lipinski definition) is 1. The first kappa shape index (κ1) is 17.6. The molecular weight excluding hydrogens is 339 g/mol. The highest BCUT2D eigenvalue weighted by molar-refractivity contribution is 6.03. The van der Waals surface area contributed by atoms with Gasteiger partial charge in [0.05, 0.1) is 5.41 Å². The summed E-state index contributed by atoms with van der Waals surface area (Å²) in [5, 5.41) is 2.63. The number of rotatable bonds is 3. The van der Waals surface area contributed by atoms with Gasteiger partial charge in [-0.3, -0.25) is 9.59 Å². The Labute approximate surface area is 142 Å². The van der Waals surface area contributed by atoms with E-state index < -0.39 is 34.7 Å². The number of carbonyl (C=O) groups is 2. The monoisotopic (exact) mass is 357 g/mol. The van der Waals surface area contributed by atoms with Gasteiger partial charge < -0.3 is 14.8 Å². The molecule has 2 aliphatic rings. The van der Waals surface area contributed by atoms with Gasteiger partial charge in [0, 0.05) is 11.1 Å². The van der Waals surface area contributed by atoms with Crippen molar-refractivity contribution < 1.29 is 32.2 Å². The number of nitrogens with one attached hydrogen (secondary N) is 1. The quantitative estimate of drug-likeness (QED) is 0.839. The first-order valence-corrected chi connectivity index (χ1v) is 7.82. The van der Waals surface area contributed by atoms with Gasteiger partial charge in [-0.05, 0) is 44.0 Å². The van der Waals surface area contributed by atoms with Crippen LogP contribution in [0.3, 0.4) is 0 Å². The van der Waals surface area contributed by atoms with Gasteiger partial charge in [-0.1, -0.05) is 13.8 Å². The molecule has 1 amide bonds. The molecule has 1 heterocycles. The molecule has 0 radical (unpaired) electrons. The zero-order valence-electron chi connectivity index (χ0n) is 14.0. The van der Waals surface area contributed by atoms with Crippen molar-refractivity contribution in [3.05, 3.63) is 24.3 Å². The molecule has 1 aromatic rings. The van der Waals surface area contributed by atoms with E-state index in [2.05, 4.69) is 10.1 Å². The third kappa shape index (κ3) is 2.46. The predicted octanol–water partition coefficient (Wildman–Crippen LogP) is 3.65. The summed E-state index contributed by atoms with van der Waals surface area (Å²) < 4.78 is 45.8. The lowest BCUT2D eigenvalue weighted by Gasteiger charge is -2.35. The molecule has 2 atom stereocenters. The molecule has 0 aromatic heterocycles. The molecular formula is C17H18F3NO4. The number of hydrogen-bond acceptors (Lipinski definition) is 4. The molecule has 3 rings (SSSR count). The summed E-state index contributed by atoms with van der Waals surface area (Å²) in [5.41, 5.74) is -2.41. The molecule has 8 heteroatoms. The van der Waals surface area contributed by atoms with Crippen molar-refractivity contribution >= 4 is 17.6 Å². The van der Waals surface area contributed by atoms with Crippen LogP contribution in [0.5, 0.6) is 5.75 Å². The Balaban J connectivity index is 1.78. The average Bonchev–Trinajstić information content (AvgIpc) is 2.78. The van der Waals surface area contributed by atoms with Crippen molar-refractivity contribution in [2.75, 3.05) is 5.32 Å². The molecule has 1 aliphatic heterocycles. The fourth-order valence-electron chi connectivity index (χ4n) is 3.72. The van der Waals surface area contributed by atoms with Gasteiger partial charge in [-0.15, -0.1) is 13.2 Å². The van der Waals surface area contributed by atoms with Gasteiger partial charge in [-0.25, -0.2) is 0 Å². The number of ether oxygens (including phenoxy) is 2. The lowest BCUT2D eigenvalue weighted by molar-refractivity contribution is -0.274. The highest BCUT2D eigenvalue weighted by atomic mass is 19.4. The van der Waals surface area contributed by atoms with E-state index in [-0.39, 0.29) is 5.75 Å². The second-order valence-electron chi connectivity index (χ2n) is 7.20. The topological polar surface area (TPSA) is 64.6 Å². The van der Waals surface area contributed by atoms with E-state index in [4.69, 9.17) is 4.74 Å². The Kier molecular flexibility index (Phi) is 3.60. The summed E-state index contributed by atoms with van der Waals surface area (Å²) in [5.74, 6) is -1.26. The van der Waals surface area contributed by atoms with Gasteiger partial charge in [0.25, 0.3) is 5.91 Å². The Hall–Kier alpha value is -2.25. The molecule has 25 heavy (non-hydrogen) atoms. The molecule has 2 bridgehead atoms. The van der Waals surface area contributed by atoms with Crippen molar-refractivity contribution in [3.8, 4) is 5.75 Å². The summed E-state index contributed by atoms with van der Waals surface area (Å²) in [6.07, 6.45) is -3.83. The number of esters is 1. The summed E-state index contributed by atoms with van der Waals surface area (Å²) >= 11 is 0. The van der Waals surface area contributed by atoms with Crippen LogP contribution in [0.25, 0.3) is 0 Å². The molecule has 5 nitrogen and oxygen atoms in total.